The smallest absolute Gasteiger partial charge is 0.274 e. The molecule has 16 nitrogen and oxygen atoms in total. The molecule has 4 aliphatic rings. The number of halogens is 1. The highest BCUT2D eigenvalue weighted by molar-refractivity contribution is 9.10. The van der Waals surface area contributed by atoms with Crippen LogP contribution in [0.15, 0.2) is 76.1 Å². The van der Waals surface area contributed by atoms with Gasteiger partial charge in [0, 0.05) is 64.5 Å². The number of fused-ring (bicyclic) bond motifs is 2. The number of nitrogens with zero attached hydrogens (tertiary/aromatic N) is 6. The van der Waals surface area contributed by atoms with Crippen molar-refractivity contribution < 1.29 is 33.4 Å². The molecular weight excluding hydrogens is 812 g/mol. The number of imide groups is 2. The highest BCUT2D eigenvalue weighted by atomic mass is 79.9. The Balaban J connectivity index is 0.782. The molecule has 0 radical (unpaired) electrons. The molecule has 0 spiro atoms. The molecule has 2 aromatic carbocycles. The van der Waals surface area contributed by atoms with Crippen molar-refractivity contribution in [3.63, 3.8) is 0 Å². The van der Waals surface area contributed by atoms with E-state index in [0.29, 0.717) is 54.4 Å². The van der Waals surface area contributed by atoms with Gasteiger partial charge in [-0.05, 0) is 83.7 Å². The summed E-state index contributed by atoms with van der Waals surface area (Å²) in [6.45, 7) is 4.72. The average molecular weight is 856 g/mol. The lowest BCUT2D eigenvalue weighted by Gasteiger charge is -2.36. The van der Waals surface area contributed by atoms with Gasteiger partial charge in [0.25, 0.3) is 23.3 Å². The number of ether oxygens (including phenoxy) is 2. The third-order valence-electron chi connectivity index (χ3n) is 11.2. The summed E-state index contributed by atoms with van der Waals surface area (Å²) in [4.78, 5) is 88.3. The van der Waals surface area contributed by atoms with Crippen molar-refractivity contribution in [2.75, 3.05) is 71.4 Å². The monoisotopic (exact) mass is 854 g/mol. The second-order valence-electron chi connectivity index (χ2n) is 15.1. The lowest BCUT2D eigenvalue weighted by molar-refractivity contribution is -0.136. The van der Waals surface area contributed by atoms with Gasteiger partial charge in [-0.2, -0.15) is 0 Å². The number of aromatic nitrogens is 2. The van der Waals surface area contributed by atoms with Crippen LogP contribution >= 0.6 is 15.9 Å². The Hall–Kier alpha value is -5.65. The van der Waals surface area contributed by atoms with E-state index in [-0.39, 0.29) is 66.4 Å². The van der Waals surface area contributed by atoms with Gasteiger partial charge in [0.2, 0.25) is 11.8 Å². The Morgan fingerprint density at radius 3 is 2.50 bits per heavy atom. The van der Waals surface area contributed by atoms with Gasteiger partial charge in [0.15, 0.2) is 6.61 Å². The second kappa shape index (κ2) is 16.7. The van der Waals surface area contributed by atoms with Gasteiger partial charge in [-0.3, -0.25) is 48.3 Å². The molecule has 3 saturated heterocycles. The number of likely N-dealkylation sites (tertiary alicyclic amines) is 1. The van der Waals surface area contributed by atoms with E-state index in [1.54, 1.807) is 29.3 Å². The van der Waals surface area contributed by atoms with Gasteiger partial charge < -0.3 is 24.6 Å². The summed E-state index contributed by atoms with van der Waals surface area (Å²) in [5.41, 5.74) is 1.86. The fourth-order valence-corrected chi connectivity index (χ4v) is 8.60. The van der Waals surface area contributed by atoms with Crippen molar-refractivity contribution in [2.24, 2.45) is 0 Å². The molecule has 0 aliphatic carbocycles. The molecule has 302 valence electrons. The van der Waals surface area contributed by atoms with Crippen LogP contribution < -0.4 is 25.7 Å². The number of anilines is 1. The predicted octanol–water partition coefficient (Wildman–Crippen LogP) is 2.36. The van der Waals surface area contributed by atoms with E-state index in [1.165, 1.54) is 10.5 Å². The molecule has 6 heterocycles. The lowest BCUT2D eigenvalue weighted by atomic mass is 9.88. The van der Waals surface area contributed by atoms with Crippen LogP contribution in [0.25, 0.3) is 5.65 Å². The maximum atomic E-state index is 13.3. The zero-order valence-corrected chi connectivity index (χ0v) is 33.5. The van der Waals surface area contributed by atoms with Crippen molar-refractivity contribution in [2.45, 2.75) is 37.3 Å². The molecule has 0 saturated carbocycles. The highest BCUT2D eigenvalue weighted by Gasteiger charge is 2.46. The summed E-state index contributed by atoms with van der Waals surface area (Å²) < 4.78 is 13.8. The van der Waals surface area contributed by atoms with Crippen LogP contribution in [0.4, 0.5) is 5.82 Å². The molecule has 3 fully saturated rings. The summed E-state index contributed by atoms with van der Waals surface area (Å²) >= 11 is 3.45. The van der Waals surface area contributed by atoms with Crippen LogP contribution in [0.3, 0.4) is 0 Å². The van der Waals surface area contributed by atoms with Crippen molar-refractivity contribution in [1.82, 2.24) is 34.3 Å². The molecule has 17 heteroatoms. The van der Waals surface area contributed by atoms with E-state index in [2.05, 4.69) is 48.4 Å². The predicted molar refractivity (Wildman–Crippen MR) is 215 cm³/mol. The Kier molecular flexibility index (Phi) is 11.3. The van der Waals surface area contributed by atoms with Gasteiger partial charge in [-0.25, -0.2) is 4.98 Å². The number of rotatable bonds is 11. The molecule has 5 amide bonds. The fourth-order valence-electron chi connectivity index (χ4n) is 8.20. The first-order valence-electron chi connectivity index (χ1n) is 19.4. The lowest BCUT2D eigenvalue weighted by Crippen LogP contribution is -2.54. The van der Waals surface area contributed by atoms with E-state index in [1.807, 2.05) is 36.4 Å². The molecular formula is C41H43BrN8O8. The summed E-state index contributed by atoms with van der Waals surface area (Å²) in [5.74, 6) is -0.730. The third kappa shape index (κ3) is 8.06. The first-order chi connectivity index (χ1) is 28.0. The van der Waals surface area contributed by atoms with Gasteiger partial charge in [0.05, 0.1) is 11.1 Å². The fraction of sp³-hybridized carbons (Fsp3) is 0.390. The summed E-state index contributed by atoms with van der Waals surface area (Å²) in [7, 11) is 2.08. The molecule has 0 bridgehead atoms. The molecule has 4 aliphatic heterocycles. The molecule has 1 unspecified atom stereocenters. The van der Waals surface area contributed by atoms with E-state index in [0.717, 1.165) is 30.0 Å². The maximum Gasteiger partial charge on any atom is 0.274 e. The molecule has 4 aromatic rings. The van der Waals surface area contributed by atoms with Gasteiger partial charge in [0.1, 0.15) is 40.1 Å². The molecule has 8 rings (SSSR count). The highest BCUT2D eigenvalue weighted by Crippen LogP contribution is 2.34. The first-order valence-corrected chi connectivity index (χ1v) is 20.2. The SMILES string of the molecule is CN1C[C@H](Nc2nc3ccccn3c(=O)c2Br)C[C@H](c2ccc(OCC(=O)N3CCN(CCOc4cccc5c4C(=O)N(C4CCC(=O)NC4=O)C5=O)CC3)cc2)C1. The molecule has 2 aromatic heterocycles. The molecule has 58 heavy (non-hydrogen) atoms. The van der Waals surface area contributed by atoms with Crippen molar-refractivity contribution in [3.8, 4) is 11.5 Å². The second-order valence-corrected chi connectivity index (χ2v) is 15.9. The molecule has 2 N–H and O–H groups in total. The summed E-state index contributed by atoms with van der Waals surface area (Å²) in [6.07, 6.45) is 2.68. The zero-order valence-electron chi connectivity index (χ0n) is 31.9. The number of hydrogen-bond acceptors (Lipinski definition) is 12. The van der Waals surface area contributed by atoms with Crippen molar-refractivity contribution in [3.05, 3.63) is 98.4 Å². The van der Waals surface area contributed by atoms with Crippen molar-refractivity contribution in [1.29, 1.82) is 0 Å². The Morgan fingerprint density at radius 2 is 1.72 bits per heavy atom. The minimum Gasteiger partial charge on any atom is -0.491 e. The van der Waals surface area contributed by atoms with Gasteiger partial charge in [-0.1, -0.05) is 24.3 Å². The number of amides is 5. The van der Waals surface area contributed by atoms with Crippen LogP contribution in [-0.4, -0.2) is 137 Å². The van der Waals surface area contributed by atoms with Crippen molar-refractivity contribution >= 4 is 56.9 Å². The number of carbonyl (C=O) groups is 5. The first kappa shape index (κ1) is 39.2. The number of nitrogens with one attached hydrogen (secondary N) is 2. The zero-order chi connectivity index (χ0) is 40.5. The number of pyridine rings is 1. The quantitative estimate of drug-likeness (QED) is 0.211. The normalized spacial score (nSPS) is 21.6. The van der Waals surface area contributed by atoms with E-state index < -0.39 is 29.7 Å². The molecule has 3 atom stereocenters. The van der Waals surface area contributed by atoms with Crippen LogP contribution in [0, 0.1) is 0 Å². The Morgan fingerprint density at radius 1 is 0.931 bits per heavy atom. The minimum absolute atomic E-state index is 0.0458. The standard InChI is InChI=1S/C41H43BrN8O8/c1-46-22-26(21-27(23-46)43-37-36(42)41(56)49-14-3-2-7-32(49)44-37)25-8-10-28(11-9-25)58-24-34(52)48-17-15-47(16-18-48)19-20-57-31-6-4-5-29-35(31)40(55)50(39(29)54)30-12-13-33(51)45-38(30)53/h2-11,14,26-27,30,43H,12-13,15-24H2,1H3,(H,45,51,53)/t26-,27+,30?/m0/s1. The van der Waals surface area contributed by atoms with E-state index in [9.17, 15) is 28.8 Å². The Labute approximate surface area is 342 Å². The number of benzene rings is 2. The largest absolute Gasteiger partial charge is 0.491 e. The van der Waals surface area contributed by atoms with Gasteiger partial charge in [-0.15, -0.1) is 0 Å². The van der Waals surface area contributed by atoms with E-state index >= 15 is 0 Å². The number of hydrogen-bond donors (Lipinski definition) is 2. The topological polar surface area (TPSA) is 175 Å². The van der Waals surface area contributed by atoms with Crippen LogP contribution in [0.2, 0.25) is 0 Å². The van der Waals surface area contributed by atoms with Crippen LogP contribution in [0.5, 0.6) is 11.5 Å². The number of piperidine rings is 2. The summed E-state index contributed by atoms with van der Waals surface area (Å²) in [5, 5.41) is 5.71. The number of carbonyl (C=O) groups excluding carboxylic acids is 5. The number of piperazine rings is 1. The summed E-state index contributed by atoms with van der Waals surface area (Å²) in [6, 6.07) is 17.2. The van der Waals surface area contributed by atoms with E-state index in [4.69, 9.17) is 9.47 Å². The van der Waals surface area contributed by atoms with Crippen LogP contribution in [-0.2, 0) is 14.4 Å². The van der Waals surface area contributed by atoms with Crippen LogP contribution in [0.1, 0.15) is 51.5 Å². The third-order valence-corrected chi connectivity index (χ3v) is 11.9. The average Bonchev–Trinajstić information content (AvgIpc) is 3.48. The maximum absolute atomic E-state index is 13.3. The van der Waals surface area contributed by atoms with Gasteiger partial charge >= 0.3 is 0 Å². The Bertz CT molecular complexity index is 2330. The number of likely N-dealkylation sites (N-methyl/N-ethyl adjacent to an activating group) is 1. The minimum atomic E-state index is -1.05.